The third-order valence-electron chi connectivity index (χ3n) is 5.76. The van der Waals surface area contributed by atoms with E-state index in [9.17, 15) is 4.39 Å². The summed E-state index contributed by atoms with van der Waals surface area (Å²) in [5, 5.41) is 6.92. The van der Waals surface area contributed by atoms with Crippen molar-refractivity contribution in [3.05, 3.63) is 65.5 Å². The maximum atomic E-state index is 13.3. The Morgan fingerprint density at radius 2 is 1.80 bits per heavy atom. The third kappa shape index (κ3) is 5.72. The molecule has 5 nitrogen and oxygen atoms in total. The first-order chi connectivity index (χ1) is 14.5. The van der Waals surface area contributed by atoms with Gasteiger partial charge in [0.1, 0.15) is 5.82 Å². The molecular formula is C24H34FN5. The second kappa shape index (κ2) is 10.4. The summed E-state index contributed by atoms with van der Waals surface area (Å²) in [6.45, 7) is 5.10. The topological polar surface area (TPSA) is 42.9 Å². The molecule has 0 saturated carbocycles. The van der Waals surface area contributed by atoms with Crippen LogP contribution < -0.4 is 15.5 Å². The van der Waals surface area contributed by atoms with Crippen molar-refractivity contribution in [2.45, 2.75) is 31.8 Å². The first-order valence-electron chi connectivity index (χ1n) is 10.7. The molecule has 6 heteroatoms. The highest BCUT2D eigenvalue weighted by atomic mass is 19.1. The van der Waals surface area contributed by atoms with Crippen LogP contribution in [0.15, 0.2) is 53.5 Å². The van der Waals surface area contributed by atoms with Gasteiger partial charge in [-0.1, -0.05) is 24.3 Å². The molecule has 1 aliphatic heterocycles. The van der Waals surface area contributed by atoms with Gasteiger partial charge < -0.3 is 20.4 Å². The Morgan fingerprint density at radius 1 is 1.10 bits per heavy atom. The van der Waals surface area contributed by atoms with E-state index >= 15 is 0 Å². The fourth-order valence-electron chi connectivity index (χ4n) is 3.93. The zero-order chi connectivity index (χ0) is 21.5. The van der Waals surface area contributed by atoms with Crippen LogP contribution >= 0.6 is 0 Å². The van der Waals surface area contributed by atoms with Gasteiger partial charge in [-0.15, -0.1) is 0 Å². The van der Waals surface area contributed by atoms with Gasteiger partial charge >= 0.3 is 0 Å². The van der Waals surface area contributed by atoms with Gasteiger partial charge in [-0.25, -0.2) is 4.39 Å². The Kier molecular flexibility index (Phi) is 7.69. The molecule has 0 amide bonds. The zero-order valence-electron chi connectivity index (χ0n) is 18.5. The van der Waals surface area contributed by atoms with Crippen LogP contribution in [0.2, 0.25) is 0 Å². The van der Waals surface area contributed by atoms with Crippen molar-refractivity contribution in [3.63, 3.8) is 0 Å². The lowest BCUT2D eigenvalue weighted by Crippen LogP contribution is -2.42. The number of nitrogens with one attached hydrogen (secondary N) is 2. The minimum atomic E-state index is -0.216. The molecule has 0 radical (unpaired) electrons. The van der Waals surface area contributed by atoms with Crippen LogP contribution in [0.3, 0.4) is 0 Å². The molecule has 1 heterocycles. The van der Waals surface area contributed by atoms with Crippen molar-refractivity contribution < 1.29 is 4.39 Å². The number of benzene rings is 2. The lowest BCUT2D eigenvalue weighted by Gasteiger charge is -2.27. The molecule has 162 valence electrons. The first-order valence-corrected chi connectivity index (χ1v) is 10.7. The van der Waals surface area contributed by atoms with E-state index in [0.717, 1.165) is 24.6 Å². The van der Waals surface area contributed by atoms with Crippen LogP contribution in [-0.4, -0.2) is 51.6 Å². The van der Waals surface area contributed by atoms with Crippen molar-refractivity contribution in [2.75, 3.05) is 45.7 Å². The van der Waals surface area contributed by atoms with Gasteiger partial charge in [-0.2, -0.15) is 0 Å². The summed E-state index contributed by atoms with van der Waals surface area (Å²) in [7, 11) is 5.84. The average molecular weight is 412 g/mol. The van der Waals surface area contributed by atoms with E-state index in [1.807, 2.05) is 26.2 Å². The quantitative estimate of drug-likeness (QED) is 0.535. The predicted octanol–water partition coefficient (Wildman–Crippen LogP) is 3.95. The molecule has 2 atom stereocenters. The number of likely N-dealkylation sites (N-methyl/N-ethyl adjacent to an activating group) is 1. The van der Waals surface area contributed by atoms with E-state index in [0.29, 0.717) is 6.54 Å². The lowest BCUT2D eigenvalue weighted by atomic mass is 10.1. The molecule has 2 aromatic carbocycles. The largest absolute Gasteiger partial charge is 0.372 e. The summed E-state index contributed by atoms with van der Waals surface area (Å²) in [5.74, 6) is 0.537. The van der Waals surface area contributed by atoms with Crippen LogP contribution in [0.25, 0.3) is 0 Å². The number of hydrogen-bond donors (Lipinski definition) is 2. The average Bonchev–Trinajstić information content (AvgIpc) is 3.29. The van der Waals surface area contributed by atoms with Crippen LogP contribution in [0.1, 0.15) is 43.0 Å². The monoisotopic (exact) mass is 411 g/mol. The fraction of sp³-hybridized carbons (Fsp3) is 0.458. The Morgan fingerprint density at radius 3 is 2.43 bits per heavy atom. The molecule has 30 heavy (non-hydrogen) atoms. The molecule has 2 N–H and O–H groups in total. The molecule has 3 rings (SSSR count). The van der Waals surface area contributed by atoms with Gasteiger partial charge in [0.15, 0.2) is 5.96 Å². The first kappa shape index (κ1) is 22.1. The number of hydrogen-bond acceptors (Lipinski definition) is 3. The summed E-state index contributed by atoms with van der Waals surface area (Å²) in [4.78, 5) is 8.97. The van der Waals surface area contributed by atoms with Crippen molar-refractivity contribution >= 4 is 11.6 Å². The standard InChI is InChI=1S/C24H34FN5/c1-18(20-8-7-9-22(16-20)30-14-5-6-15-30)28-24(26-2)27-17-23(29(3)4)19-10-12-21(25)13-11-19/h7-13,16,18,23H,5-6,14-15,17H2,1-4H3,(H2,26,27,28). The maximum absolute atomic E-state index is 13.3. The van der Waals surface area contributed by atoms with Gasteiger partial charge in [0, 0.05) is 32.4 Å². The SMILES string of the molecule is CN=C(NCC(c1ccc(F)cc1)N(C)C)NC(C)c1cccc(N2CCCC2)c1. The molecule has 1 saturated heterocycles. The normalized spacial score (nSPS) is 16.6. The summed E-state index contributed by atoms with van der Waals surface area (Å²) in [6.07, 6.45) is 2.55. The van der Waals surface area contributed by atoms with E-state index < -0.39 is 0 Å². The van der Waals surface area contributed by atoms with E-state index in [1.54, 1.807) is 7.05 Å². The molecule has 1 fully saturated rings. The van der Waals surface area contributed by atoms with Gasteiger partial charge in [-0.3, -0.25) is 4.99 Å². The molecule has 2 unspecified atom stereocenters. The summed E-state index contributed by atoms with van der Waals surface area (Å²) in [6, 6.07) is 15.7. The number of nitrogens with zero attached hydrogens (tertiary/aromatic N) is 3. The molecule has 0 aliphatic carbocycles. The van der Waals surface area contributed by atoms with E-state index in [2.05, 4.69) is 56.6 Å². The van der Waals surface area contributed by atoms with Gasteiger partial charge in [-0.05, 0) is 69.3 Å². The van der Waals surface area contributed by atoms with Crippen LogP contribution in [0.5, 0.6) is 0 Å². The Balaban J connectivity index is 1.62. The second-order valence-corrected chi connectivity index (χ2v) is 8.14. The Hall–Kier alpha value is -2.60. The minimum Gasteiger partial charge on any atom is -0.372 e. The van der Waals surface area contributed by atoms with Gasteiger partial charge in [0.25, 0.3) is 0 Å². The number of anilines is 1. The molecular weight excluding hydrogens is 377 g/mol. The number of guanidine groups is 1. The van der Waals surface area contributed by atoms with Gasteiger partial charge in [0.2, 0.25) is 0 Å². The minimum absolute atomic E-state index is 0.109. The van der Waals surface area contributed by atoms with E-state index in [-0.39, 0.29) is 17.9 Å². The zero-order valence-corrected chi connectivity index (χ0v) is 18.5. The highest BCUT2D eigenvalue weighted by Gasteiger charge is 2.17. The molecule has 2 aromatic rings. The number of halogens is 1. The van der Waals surface area contributed by atoms with E-state index in [4.69, 9.17) is 0 Å². The van der Waals surface area contributed by atoms with Crippen LogP contribution in [0.4, 0.5) is 10.1 Å². The van der Waals surface area contributed by atoms with Crippen LogP contribution in [-0.2, 0) is 0 Å². The molecule has 1 aliphatic rings. The summed E-state index contributed by atoms with van der Waals surface area (Å²) in [5.41, 5.74) is 3.60. The fourth-order valence-corrected chi connectivity index (χ4v) is 3.93. The van der Waals surface area contributed by atoms with Crippen molar-refractivity contribution in [1.29, 1.82) is 0 Å². The summed E-state index contributed by atoms with van der Waals surface area (Å²) < 4.78 is 13.3. The Bertz CT molecular complexity index is 828. The predicted molar refractivity (Wildman–Crippen MR) is 124 cm³/mol. The van der Waals surface area contributed by atoms with E-state index in [1.165, 1.54) is 36.2 Å². The Labute approximate surface area is 180 Å². The highest BCUT2D eigenvalue weighted by Crippen LogP contribution is 2.24. The molecule has 0 spiro atoms. The smallest absolute Gasteiger partial charge is 0.191 e. The highest BCUT2D eigenvalue weighted by molar-refractivity contribution is 5.80. The molecule has 0 bridgehead atoms. The number of aliphatic imine (C=N–C) groups is 1. The van der Waals surface area contributed by atoms with Crippen molar-refractivity contribution in [3.8, 4) is 0 Å². The number of rotatable bonds is 7. The maximum Gasteiger partial charge on any atom is 0.191 e. The van der Waals surface area contributed by atoms with Crippen molar-refractivity contribution in [2.24, 2.45) is 4.99 Å². The third-order valence-corrected chi connectivity index (χ3v) is 5.76. The second-order valence-electron chi connectivity index (χ2n) is 8.14. The summed E-state index contributed by atoms with van der Waals surface area (Å²) >= 11 is 0. The van der Waals surface area contributed by atoms with Crippen molar-refractivity contribution in [1.82, 2.24) is 15.5 Å². The molecule has 0 aromatic heterocycles. The van der Waals surface area contributed by atoms with Crippen LogP contribution in [0, 0.1) is 5.82 Å². The van der Waals surface area contributed by atoms with Gasteiger partial charge in [0.05, 0.1) is 12.1 Å². The lowest BCUT2D eigenvalue weighted by molar-refractivity contribution is 0.298.